The van der Waals surface area contributed by atoms with E-state index >= 15 is 0 Å². The third-order valence-electron chi connectivity index (χ3n) is 7.95. The molecule has 45 heavy (non-hydrogen) atoms. The second kappa shape index (κ2) is 17.1. The van der Waals surface area contributed by atoms with Crippen LogP contribution in [0.25, 0.3) is 6.08 Å². The summed E-state index contributed by atoms with van der Waals surface area (Å²) in [5.41, 5.74) is 4.62. The largest absolute Gasteiger partial charge is 0.489 e. The van der Waals surface area contributed by atoms with E-state index in [9.17, 15) is 9.59 Å². The molecule has 0 bridgehead atoms. The van der Waals surface area contributed by atoms with Gasteiger partial charge in [0.05, 0.1) is 18.3 Å². The van der Waals surface area contributed by atoms with Crippen molar-refractivity contribution in [2.24, 2.45) is 11.8 Å². The minimum atomic E-state index is -0.311. The smallest absolute Gasteiger partial charge is 0.333 e. The van der Waals surface area contributed by atoms with Crippen molar-refractivity contribution in [3.8, 4) is 5.75 Å². The minimum Gasteiger partial charge on any atom is -0.489 e. The lowest BCUT2D eigenvalue weighted by atomic mass is 9.88. The zero-order valence-electron chi connectivity index (χ0n) is 27.4. The Hall–Kier alpha value is -3.71. The molecule has 1 N–H and O–H groups in total. The Kier molecular flexibility index (Phi) is 13.0. The maximum absolute atomic E-state index is 13.5. The molecular formula is C38H48N2O4S. The number of benzene rings is 2. The number of esters is 1. The molecule has 0 aliphatic heterocycles. The summed E-state index contributed by atoms with van der Waals surface area (Å²) in [5.74, 6) is 1.13. The lowest BCUT2D eigenvalue weighted by Crippen LogP contribution is -2.35. The highest BCUT2D eigenvalue weighted by atomic mass is 32.1. The number of hydrogen-bond acceptors (Lipinski definition) is 6. The number of thiazole rings is 1. The number of amides is 1. The van der Waals surface area contributed by atoms with Crippen LogP contribution in [0.15, 0.2) is 71.8 Å². The number of hydrogen-bond donors (Lipinski definition) is 1. The fourth-order valence-corrected chi connectivity index (χ4v) is 6.92. The predicted octanol–water partition coefficient (Wildman–Crippen LogP) is 8.81. The van der Waals surface area contributed by atoms with E-state index in [0.29, 0.717) is 31.1 Å². The van der Waals surface area contributed by atoms with E-state index in [-0.39, 0.29) is 23.8 Å². The topological polar surface area (TPSA) is 77.5 Å². The molecule has 1 fully saturated rings. The van der Waals surface area contributed by atoms with Crippen molar-refractivity contribution in [3.05, 3.63) is 98.5 Å². The van der Waals surface area contributed by atoms with Gasteiger partial charge in [0, 0.05) is 16.4 Å². The summed E-state index contributed by atoms with van der Waals surface area (Å²) < 4.78 is 11.2. The van der Waals surface area contributed by atoms with Crippen LogP contribution in [0.1, 0.15) is 99.5 Å². The van der Waals surface area contributed by atoms with Crippen molar-refractivity contribution in [2.75, 3.05) is 6.61 Å². The second-order valence-electron chi connectivity index (χ2n) is 12.4. The standard InChI is InChI=1S/C38H48N2O4S/c1-6-43-38(42)28(5)22-27(4)23-33-35(21-26(2)3)45-37(40-33)34(39-36(41)31-15-11-8-12-16-31)24-29-17-19-32(20-18-29)44-25-30-13-9-7-10-14-30/h7,9-10,13-14,17-20,22-23,26,31,34H,6,8,11-12,15-16,21,24-25H2,1-5H3,(H,39,41)/t34-/m1/s1. The molecule has 0 spiro atoms. The normalized spacial score (nSPS) is 15.2. The fraction of sp³-hybridized carbons (Fsp3) is 0.447. The Morgan fingerprint density at radius 1 is 0.978 bits per heavy atom. The second-order valence-corrected chi connectivity index (χ2v) is 13.5. The molecule has 1 aliphatic rings. The van der Waals surface area contributed by atoms with Gasteiger partial charge in [-0.15, -0.1) is 11.3 Å². The van der Waals surface area contributed by atoms with Crippen LogP contribution < -0.4 is 10.1 Å². The van der Waals surface area contributed by atoms with Crippen LogP contribution in [0.5, 0.6) is 5.75 Å². The summed E-state index contributed by atoms with van der Waals surface area (Å²) >= 11 is 1.68. The summed E-state index contributed by atoms with van der Waals surface area (Å²) in [5, 5.41) is 4.31. The van der Waals surface area contributed by atoms with Gasteiger partial charge in [-0.05, 0) is 93.4 Å². The highest BCUT2D eigenvalue weighted by molar-refractivity contribution is 7.11. The maximum atomic E-state index is 13.5. The minimum absolute atomic E-state index is 0.0581. The molecule has 0 radical (unpaired) electrons. The summed E-state index contributed by atoms with van der Waals surface area (Å²) in [6.45, 7) is 10.8. The summed E-state index contributed by atoms with van der Waals surface area (Å²) in [6, 6.07) is 18.0. The first-order valence-electron chi connectivity index (χ1n) is 16.3. The number of rotatable bonds is 14. The summed E-state index contributed by atoms with van der Waals surface area (Å²) in [7, 11) is 0. The lowest BCUT2D eigenvalue weighted by molar-refractivity contribution is -0.138. The van der Waals surface area contributed by atoms with Gasteiger partial charge in [-0.2, -0.15) is 0 Å². The molecular weight excluding hydrogens is 580 g/mol. The van der Waals surface area contributed by atoms with Gasteiger partial charge in [0.2, 0.25) is 5.91 Å². The highest BCUT2D eigenvalue weighted by Crippen LogP contribution is 2.32. The van der Waals surface area contributed by atoms with Crippen molar-refractivity contribution < 1.29 is 19.1 Å². The average molecular weight is 629 g/mol. The molecule has 3 aromatic rings. The SMILES string of the molecule is CCOC(=O)C(C)=CC(C)=Cc1nc([C@@H](Cc2ccc(OCc3ccccc3)cc2)NC(=O)C2CCCCC2)sc1CC(C)C. The molecule has 4 rings (SSSR count). The number of carbonyl (C=O) groups is 2. The van der Waals surface area contributed by atoms with Crippen LogP contribution in [-0.2, 0) is 33.8 Å². The molecule has 1 heterocycles. The Morgan fingerprint density at radius 3 is 2.36 bits per heavy atom. The Morgan fingerprint density at radius 2 is 1.69 bits per heavy atom. The van der Waals surface area contributed by atoms with E-state index in [2.05, 4.69) is 43.4 Å². The van der Waals surface area contributed by atoms with Crippen molar-refractivity contribution in [1.82, 2.24) is 10.3 Å². The molecule has 7 heteroatoms. The van der Waals surface area contributed by atoms with Crippen LogP contribution in [0.2, 0.25) is 0 Å². The fourth-order valence-electron chi connectivity index (χ4n) is 5.62. The first-order valence-corrected chi connectivity index (χ1v) is 17.1. The average Bonchev–Trinajstić information content (AvgIpc) is 3.42. The lowest BCUT2D eigenvalue weighted by Gasteiger charge is -2.24. The molecule has 0 unspecified atom stereocenters. The number of ether oxygens (including phenoxy) is 2. The molecule has 1 aromatic heterocycles. The van der Waals surface area contributed by atoms with Gasteiger partial charge in [-0.25, -0.2) is 9.78 Å². The van der Waals surface area contributed by atoms with Crippen LogP contribution in [0.4, 0.5) is 0 Å². The van der Waals surface area contributed by atoms with Crippen LogP contribution in [0, 0.1) is 11.8 Å². The van der Waals surface area contributed by atoms with E-state index in [1.807, 2.05) is 49.4 Å². The van der Waals surface area contributed by atoms with Gasteiger partial charge < -0.3 is 14.8 Å². The van der Waals surface area contributed by atoms with Gasteiger partial charge in [0.25, 0.3) is 0 Å². The zero-order chi connectivity index (χ0) is 32.2. The first kappa shape index (κ1) is 34.2. The quantitative estimate of drug-likeness (QED) is 0.110. The molecule has 1 amide bonds. The highest BCUT2D eigenvalue weighted by Gasteiger charge is 2.27. The maximum Gasteiger partial charge on any atom is 0.333 e. The van der Waals surface area contributed by atoms with Gasteiger partial charge in [0.15, 0.2) is 0 Å². The number of nitrogens with zero attached hydrogens (tertiary/aromatic N) is 1. The monoisotopic (exact) mass is 628 g/mol. The Balaban J connectivity index is 1.59. The molecule has 6 nitrogen and oxygen atoms in total. The molecule has 2 aromatic carbocycles. The van der Waals surface area contributed by atoms with Crippen LogP contribution >= 0.6 is 11.3 Å². The van der Waals surface area contributed by atoms with E-state index < -0.39 is 0 Å². The van der Waals surface area contributed by atoms with E-state index in [1.165, 1.54) is 11.3 Å². The zero-order valence-corrected chi connectivity index (χ0v) is 28.3. The van der Waals surface area contributed by atoms with Crippen molar-refractivity contribution in [2.45, 2.75) is 92.2 Å². The van der Waals surface area contributed by atoms with Gasteiger partial charge in [0.1, 0.15) is 17.4 Å². The van der Waals surface area contributed by atoms with Gasteiger partial charge in [-0.1, -0.05) is 75.6 Å². The summed E-state index contributed by atoms with van der Waals surface area (Å²) in [6.07, 6.45) is 10.7. The predicted molar refractivity (Wildman–Crippen MR) is 183 cm³/mol. The molecule has 1 saturated carbocycles. The number of nitrogens with one attached hydrogen (secondary N) is 1. The molecule has 1 aliphatic carbocycles. The van der Waals surface area contributed by atoms with E-state index in [1.54, 1.807) is 25.2 Å². The van der Waals surface area contributed by atoms with Gasteiger partial charge >= 0.3 is 5.97 Å². The van der Waals surface area contributed by atoms with Crippen LogP contribution in [-0.4, -0.2) is 23.5 Å². The summed E-state index contributed by atoms with van der Waals surface area (Å²) in [4.78, 5) is 32.0. The van der Waals surface area contributed by atoms with Crippen LogP contribution in [0.3, 0.4) is 0 Å². The number of allylic oxidation sites excluding steroid dienone is 2. The van der Waals surface area contributed by atoms with E-state index in [0.717, 1.165) is 65.3 Å². The number of aromatic nitrogens is 1. The van der Waals surface area contributed by atoms with Crippen molar-refractivity contribution in [3.63, 3.8) is 0 Å². The Labute approximate surface area is 273 Å². The Bertz CT molecular complexity index is 1450. The molecule has 0 saturated heterocycles. The molecule has 1 atom stereocenters. The number of carbonyl (C=O) groups excluding carboxylic acids is 2. The van der Waals surface area contributed by atoms with Gasteiger partial charge in [-0.3, -0.25) is 4.79 Å². The van der Waals surface area contributed by atoms with Crippen molar-refractivity contribution >= 4 is 29.3 Å². The van der Waals surface area contributed by atoms with E-state index in [4.69, 9.17) is 14.5 Å². The first-order chi connectivity index (χ1) is 21.7. The third-order valence-corrected chi connectivity index (χ3v) is 9.15. The van der Waals surface area contributed by atoms with Crippen molar-refractivity contribution in [1.29, 1.82) is 0 Å². The third kappa shape index (κ3) is 10.7. The molecule has 240 valence electrons.